The zero-order valence-corrected chi connectivity index (χ0v) is 45.9. The van der Waals surface area contributed by atoms with Crippen molar-refractivity contribution in [2.75, 3.05) is 26.4 Å². The molecule has 0 aromatic heterocycles. The molecular formula is C60H106NO8P. The van der Waals surface area contributed by atoms with Crippen molar-refractivity contribution in [2.24, 2.45) is 5.73 Å². The Bertz CT molecular complexity index is 1420. The molecular weight excluding hydrogens is 894 g/mol. The predicted octanol–water partition coefficient (Wildman–Crippen LogP) is 17.9. The maximum Gasteiger partial charge on any atom is 0.472 e. The highest BCUT2D eigenvalue weighted by molar-refractivity contribution is 7.47. The lowest BCUT2D eigenvalue weighted by atomic mass is 10.0. The fourth-order valence-corrected chi connectivity index (χ4v) is 8.58. The van der Waals surface area contributed by atoms with E-state index in [2.05, 4.69) is 98.9 Å². The first-order valence-corrected chi connectivity index (χ1v) is 30.1. The number of allylic oxidation sites excluding steroid dienone is 14. The van der Waals surface area contributed by atoms with E-state index in [1.54, 1.807) is 0 Å². The molecule has 3 N–H and O–H groups in total. The summed E-state index contributed by atoms with van der Waals surface area (Å²) in [7, 11) is -4.39. The molecule has 0 aliphatic rings. The van der Waals surface area contributed by atoms with Crippen molar-refractivity contribution >= 4 is 19.8 Å². The summed E-state index contributed by atoms with van der Waals surface area (Å²) >= 11 is 0. The number of unbranched alkanes of at least 4 members (excludes halogenated alkanes) is 26. The van der Waals surface area contributed by atoms with E-state index in [9.17, 15) is 19.0 Å². The normalized spacial score (nSPS) is 13.7. The van der Waals surface area contributed by atoms with Crippen LogP contribution in [0.1, 0.15) is 251 Å². The van der Waals surface area contributed by atoms with Gasteiger partial charge in [-0.15, -0.1) is 0 Å². The Kier molecular flexibility index (Phi) is 53.3. The van der Waals surface area contributed by atoms with Gasteiger partial charge in [-0.25, -0.2) is 4.57 Å². The molecule has 2 atom stereocenters. The van der Waals surface area contributed by atoms with Gasteiger partial charge in [-0.1, -0.05) is 234 Å². The third kappa shape index (κ3) is 54.5. The minimum Gasteiger partial charge on any atom is -0.462 e. The summed E-state index contributed by atoms with van der Waals surface area (Å²) in [5.74, 6) is -0.835. The van der Waals surface area contributed by atoms with Crippen molar-refractivity contribution in [1.82, 2.24) is 0 Å². The summed E-state index contributed by atoms with van der Waals surface area (Å²) in [6.45, 7) is 3.62. The van der Waals surface area contributed by atoms with Gasteiger partial charge < -0.3 is 20.1 Å². The number of carbonyl (C=O) groups is 2. The number of ether oxygens (including phenoxy) is 2. The molecule has 0 amide bonds. The van der Waals surface area contributed by atoms with E-state index < -0.39 is 26.5 Å². The van der Waals surface area contributed by atoms with Gasteiger partial charge in [0, 0.05) is 19.4 Å². The van der Waals surface area contributed by atoms with Gasteiger partial charge in [0.05, 0.1) is 13.2 Å². The number of hydrogen-bond donors (Lipinski definition) is 2. The van der Waals surface area contributed by atoms with Crippen LogP contribution in [0.15, 0.2) is 85.1 Å². The number of phosphoric ester groups is 1. The highest BCUT2D eigenvalue weighted by Gasteiger charge is 2.26. The van der Waals surface area contributed by atoms with E-state index in [1.807, 2.05) is 0 Å². The fraction of sp³-hybridized carbons (Fsp3) is 0.733. The molecule has 0 spiro atoms. The Labute approximate surface area is 430 Å². The van der Waals surface area contributed by atoms with Crippen LogP contribution in [0.25, 0.3) is 0 Å². The van der Waals surface area contributed by atoms with Crippen LogP contribution < -0.4 is 5.73 Å². The van der Waals surface area contributed by atoms with E-state index in [1.165, 1.54) is 122 Å². The molecule has 0 heterocycles. The van der Waals surface area contributed by atoms with Gasteiger partial charge >= 0.3 is 19.8 Å². The summed E-state index contributed by atoms with van der Waals surface area (Å²) in [5.41, 5.74) is 5.37. The molecule has 0 aliphatic heterocycles. The number of nitrogens with two attached hydrogens (primary N) is 1. The van der Waals surface area contributed by atoms with Crippen LogP contribution in [0.2, 0.25) is 0 Å². The Morgan fingerprint density at radius 2 is 0.786 bits per heavy atom. The van der Waals surface area contributed by atoms with Gasteiger partial charge in [-0.2, -0.15) is 0 Å². The topological polar surface area (TPSA) is 134 Å². The van der Waals surface area contributed by atoms with Gasteiger partial charge in [0.1, 0.15) is 6.61 Å². The summed E-state index contributed by atoms with van der Waals surface area (Å²) in [6, 6.07) is 0. The molecule has 0 aromatic rings. The molecule has 10 heteroatoms. The van der Waals surface area contributed by atoms with Crippen LogP contribution in [-0.4, -0.2) is 49.3 Å². The highest BCUT2D eigenvalue weighted by atomic mass is 31.2. The first-order chi connectivity index (χ1) is 34.3. The van der Waals surface area contributed by atoms with Crippen LogP contribution in [0.4, 0.5) is 0 Å². The molecule has 404 valence electrons. The second-order valence-electron chi connectivity index (χ2n) is 18.8. The number of rotatable bonds is 53. The van der Waals surface area contributed by atoms with Crippen molar-refractivity contribution in [2.45, 2.75) is 258 Å². The molecule has 0 radical (unpaired) electrons. The van der Waals surface area contributed by atoms with Gasteiger partial charge in [-0.05, 0) is 89.9 Å². The first kappa shape index (κ1) is 67.2. The van der Waals surface area contributed by atoms with Crippen LogP contribution in [0, 0.1) is 0 Å². The monoisotopic (exact) mass is 1000 g/mol. The van der Waals surface area contributed by atoms with Crippen LogP contribution in [0.5, 0.6) is 0 Å². The van der Waals surface area contributed by atoms with Crippen molar-refractivity contribution in [1.29, 1.82) is 0 Å². The maximum atomic E-state index is 12.7. The second-order valence-corrected chi connectivity index (χ2v) is 20.2. The second kappa shape index (κ2) is 55.5. The van der Waals surface area contributed by atoms with Crippen molar-refractivity contribution in [3.8, 4) is 0 Å². The predicted molar refractivity (Wildman–Crippen MR) is 298 cm³/mol. The SMILES string of the molecule is CC/C=C\C/C=C\C/C=C\C/C=C\C/C=C\C/C=C\CCCCCCCCCCCCCCCCCCC(=O)OC(COC(=O)CCCCCCC/C=C\CCCCCCC)COP(=O)(O)OCCN. The van der Waals surface area contributed by atoms with Gasteiger partial charge in [-0.3, -0.25) is 18.6 Å². The van der Waals surface area contributed by atoms with E-state index in [0.29, 0.717) is 6.42 Å². The van der Waals surface area contributed by atoms with Crippen molar-refractivity contribution in [3.05, 3.63) is 85.1 Å². The summed E-state index contributed by atoms with van der Waals surface area (Å²) in [5, 5.41) is 0. The van der Waals surface area contributed by atoms with Gasteiger partial charge in [0.2, 0.25) is 0 Å². The van der Waals surface area contributed by atoms with Crippen LogP contribution in [0.3, 0.4) is 0 Å². The van der Waals surface area contributed by atoms with E-state index in [-0.39, 0.29) is 38.6 Å². The average Bonchev–Trinajstić information content (AvgIpc) is 3.35. The third-order valence-corrected chi connectivity index (χ3v) is 13.0. The Balaban J connectivity index is 3.89. The molecule has 0 saturated carbocycles. The van der Waals surface area contributed by atoms with Gasteiger partial charge in [0.15, 0.2) is 6.10 Å². The molecule has 70 heavy (non-hydrogen) atoms. The Hall–Kier alpha value is -2.81. The Morgan fingerprint density at radius 1 is 0.443 bits per heavy atom. The quantitative estimate of drug-likeness (QED) is 0.0264. The molecule has 0 rings (SSSR count). The number of hydrogen-bond acceptors (Lipinski definition) is 8. The van der Waals surface area contributed by atoms with Crippen LogP contribution in [-0.2, 0) is 32.7 Å². The lowest BCUT2D eigenvalue weighted by molar-refractivity contribution is -0.161. The van der Waals surface area contributed by atoms with Gasteiger partial charge in [0.25, 0.3) is 0 Å². The lowest BCUT2D eigenvalue weighted by Gasteiger charge is -2.19. The first-order valence-electron chi connectivity index (χ1n) is 28.6. The number of esters is 2. The fourth-order valence-electron chi connectivity index (χ4n) is 7.81. The van der Waals surface area contributed by atoms with Crippen molar-refractivity contribution < 1.29 is 37.6 Å². The molecule has 0 saturated heterocycles. The average molecular weight is 1000 g/mol. The molecule has 0 aliphatic carbocycles. The number of phosphoric acid groups is 1. The zero-order chi connectivity index (χ0) is 51.0. The smallest absolute Gasteiger partial charge is 0.462 e. The molecule has 9 nitrogen and oxygen atoms in total. The molecule has 2 unspecified atom stereocenters. The Morgan fingerprint density at radius 3 is 1.19 bits per heavy atom. The highest BCUT2D eigenvalue weighted by Crippen LogP contribution is 2.43. The van der Waals surface area contributed by atoms with E-state index >= 15 is 0 Å². The number of carbonyl (C=O) groups excluding carboxylic acids is 2. The zero-order valence-electron chi connectivity index (χ0n) is 45.0. The lowest BCUT2D eigenvalue weighted by Crippen LogP contribution is -2.29. The summed E-state index contributed by atoms with van der Waals surface area (Å²) < 4.78 is 33.0. The molecule has 0 aromatic carbocycles. The third-order valence-electron chi connectivity index (χ3n) is 12.0. The maximum absolute atomic E-state index is 12.7. The largest absolute Gasteiger partial charge is 0.472 e. The van der Waals surface area contributed by atoms with E-state index in [4.69, 9.17) is 24.3 Å². The van der Waals surface area contributed by atoms with Crippen molar-refractivity contribution in [3.63, 3.8) is 0 Å². The standard InChI is InChI=1S/C60H106NO8P/c1-3-5-7-9-11-13-15-17-19-20-21-22-23-24-25-26-27-28-29-30-31-32-33-34-35-36-37-38-39-41-43-45-47-49-51-53-60(63)69-58(57-68-70(64,65)67-55-54-61)56-66-59(62)52-50-48-46-44-42-40-18-16-14-12-10-8-6-4-2/h5,7,11,13,16-19,21-22,24-25,27-28,58H,3-4,6,8-10,12,14-15,20,23,26,29-57,61H2,1-2H3,(H,64,65)/b7-5-,13-11-,18-16-,19-17-,22-21-,25-24-,28-27-. The van der Waals surface area contributed by atoms with E-state index in [0.717, 1.165) is 96.3 Å². The van der Waals surface area contributed by atoms with Crippen LogP contribution >= 0.6 is 7.82 Å². The summed E-state index contributed by atoms with van der Waals surface area (Å²) in [4.78, 5) is 35.1. The summed E-state index contributed by atoms with van der Waals surface area (Å²) in [6.07, 6.45) is 72.2. The molecule has 0 fully saturated rings. The minimum absolute atomic E-state index is 0.0506. The minimum atomic E-state index is -4.39. The molecule has 0 bridgehead atoms.